The van der Waals surface area contributed by atoms with Gasteiger partial charge in [0, 0.05) is 18.7 Å². The molecule has 0 unspecified atom stereocenters. The number of urea groups is 1. The molecule has 1 aliphatic heterocycles. The number of aryl methyl sites for hydroxylation is 1. The van der Waals surface area contributed by atoms with Crippen LogP contribution in [0.2, 0.25) is 0 Å². The number of benzene rings is 2. The monoisotopic (exact) mass is 524 g/mol. The van der Waals surface area contributed by atoms with Crippen LogP contribution in [0.15, 0.2) is 36.4 Å². The van der Waals surface area contributed by atoms with Gasteiger partial charge in [-0.2, -0.15) is 0 Å². The van der Waals surface area contributed by atoms with Crippen molar-refractivity contribution in [2.45, 2.75) is 65.8 Å². The lowest BCUT2D eigenvalue weighted by Crippen LogP contribution is -2.50. The zero-order valence-corrected chi connectivity index (χ0v) is 22.6. The van der Waals surface area contributed by atoms with Crippen LogP contribution in [-0.2, 0) is 33.8 Å². The molecule has 1 aliphatic rings. The first kappa shape index (κ1) is 28.5. The van der Waals surface area contributed by atoms with Crippen molar-refractivity contribution < 1.29 is 28.7 Å². The second kappa shape index (κ2) is 12.0. The Morgan fingerprint density at radius 3 is 2.42 bits per heavy atom. The first-order valence-electron chi connectivity index (χ1n) is 12.5. The molecule has 10 nitrogen and oxygen atoms in total. The summed E-state index contributed by atoms with van der Waals surface area (Å²) in [6.45, 7) is 9.78. The topological polar surface area (TPSA) is 140 Å². The number of fused-ring (bicyclic) bond motifs is 1. The van der Waals surface area contributed by atoms with Crippen LogP contribution in [0, 0.1) is 13.8 Å². The van der Waals surface area contributed by atoms with E-state index in [-0.39, 0.29) is 19.2 Å². The van der Waals surface area contributed by atoms with Gasteiger partial charge < -0.3 is 30.7 Å². The standard InChI is InChI=1S/C28H36N4O6/c1-17-13-20-15-32(27(36)38-28(3,4)5)12-11-21(20)18(2)23(17)24(33)31-22(14-30-26(29)35)25(34)37-16-19-9-7-6-8-10-19/h6-10,13,22H,11-12,14-16H2,1-5H3,(H,31,33)(H3,29,30,35)/t22-/m0/s1. The molecule has 1 heterocycles. The maximum Gasteiger partial charge on any atom is 0.410 e. The number of esters is 1. The minimum atomic E-state index is -1.14. The van der Waals surface area contributed by atoms with Crippen LogP contribution < -0.4 is 16.4 Å². The summed E-state index contributed by atoms with van der Waals surface area (Å²) < 4.78 is 10.9. The van der Waals surface area contributed by atoms with Gasteiger partial charge in [0.05, 0.1) is 6.54 Å². The van der Waals surface area contributed by atoms with E-state index < -0.39 is 29.6 Å². The molecule has 0 aromatic heterocycles. The number of primary amides is 1. The highest BCUT2D eigenvalue weighted by atomic mass is 16.6. The Morgan fingerprint density at radius 1 is 1.11 bits per heavy atom. The molecular formula is C28H36N4O6. The van der Waals surface area contributed by atoms with Gasteiger partial charge in [0.25, 0.3) is 5.91 Å². The number of ether oxygens (including phenoxy) is 2. The van der Waals surface area contributed by atoms with Crippen molar-refractivity contribution in [2.24, 2.45) is 5.73 Å². The Hall–Kier alpha value is -4.08. The average Bonchev–Trinajstić information content (AvgIpc) is 2.84. The summed E-state index contributed by atoms with van der Waals surface area (Å²) in [6, 6.07) is 9.05. The zero-order chi connectivity index (χ0) is 28.0. The third-order valence-electron chi connectivity index (χ3n) is 6.17. The van der Waals surface area contributed by atoms with Crippen LogP contribution in [0.4, 0.5) is 9.59 Å². The summed E-state index contributed by atoms with van der Waals surface area (Å²) >= 11 is 0. The number of nitrogens with two attached hydrogens (primary N) is 1. The summed E-state index contributed by atoms with van der Waals surface area (Å²) in [6.07, 6.45) is 0.186. The molecule has 204 valence electrons. The van der Waals surface area contributed by atoms with E-state index in [4.69, 9.17) is 15.2 Å². The number of hydrogen-bond acceptors (Lipinski definition) is 6. The zero-order valence-electron chi connectivity index (χ0n) is 22.6. The molecule has 38 heavy (non-hydrogen) atoms. The number of rotatable bonds is 7. The molecule has 0 fully saturated rings. The average molecular weight is 525 g/mol. The fourth-order valence-corrected chi connectivity index (χ4v) is 4.42. The third-order valence-corrected chi connectivity index (χ3v) is 6.17. The Morgan fingerprint density at radius 2 is 1.79 bits per heavy atom. The quantitative estimate of drug-likeness (QED) is 0.476. The van der Waals surface area contributed by atoms with Crippen LogP contribution in [0.25, 0.3) is 0 Å². The second-order valence-corrected chi connectivity index (χ2v) is 10.3. The molecule has 0 radical (unpaired) electrons. The van der Waals surface area contributed by atoms with Crippen LogP contribution in [0.1, 0.15) is 58.9 Å². The lowest BCUT2D eigenvalue weighted by Gasteiger charge is -2.32. The minimum absolute atomic E-state index is 0.0215. The Labute approximate surface area is 222 Å². The molecule has 0 saturated carbocycles. The number of nitrogens with one attached hydrogen (secondary N) is 2. The van der Waals surface area contributed by atoms with Crippen LogP contribution in [0.5, 0.6) is 0 Å². The van der Waals surface area contributed by atoms with E-state index in [9.17, 15) is 19.2 Å². The van der Waals surface area contributed by atoms with Crippen molar-refractivity contribution in [3.05, 3.63) is 69.8 Å². The largest absolute Gasteiger partial charge is 0.459 e. The summed E-state index contributed by atoms with van der Waals surface area (Å²) in [4.78, 5) is 51.7. The molecular weight excluding hydrogens is 488 g/mol. The van der Waals surface area contributed by atoms with E-state index in [1.165, 1.54) is 0 Å². The molecule has 2 aromatic carbocycles. The third kappa shape index (κ3) is 7.47. The predicted molar refractivity (Wildman–Crippen MR) is 141 cm³/mol. The van der Waals surface area contributed by atoms with Crippen molar-refractivity contribution >= 4 is 24.0 Å². The van der Waals surface area contributed by atoms with Crippen LogP contribution >= 0.6 is 0 Å². The van der Waals surface area contributed by atoms with E-state index in [1.54, 1.807) is 11.8 Å². The molecule has 0 spiro atoms. The van der Waals surface area contributed by atoms with Gasteiger partial charge in [-0.25, -0.2) is 14.4 Å². The van der Waals surface area contributed by atoms with Gasteiger partial charge >= 0.3 is 18.1 Å². The van der Waals surface area contributed by atoms with E-state index in [1.807, 2.05) is 64.1 Å². The highest BCUT2D eigenvalue weighted by Gasteiger charge is 2.30. The number of amides is 4. The first-order chi connectivity index (χ1) is 17.9. The molecule has 10 heteroatoms. The molecule has 4 N–H and O–H groups in total. The van der Waals surface area contributed by atoms with E-state index >= 15 is 0 Å². The van der Waals surface area contributed by atoms with E-state index in [0.29, 0.717) is 30.6 Å². The number of carbonyl (C=O) groups excluding carboxylic acids is 4. The van der Waals surface area contributed by atoms with Gasteiger partial charge in [-0.3, -0.25) is 4.79 Å². The van der Waals surface area contributed by atoms with Crippen LogP contribution in [0.3, 0.4) is 0 Å². The fourth-order valence-electron chi connectivity index (χ4n) is 4.42. The SMILES string of the molecule is Cc1cc2c(c(C)c1C(=O)N[C@@H](CNC(N)=O)C(=O)OCc1ccccc1)CCN(C(=O)OC(C)(C)C)C2. The van der Waals surface area contributed by atoms with Gasteiger partial charge in [-0.1, -0.05) is 36.4 Å². The van der Waals surface area contributed by atoms with Gasteiger partial charge in [-0.05, 0) is 68.9 Å². The number of nitrogens with zero attached hydrogens (tertiary/aromatic N) is 1. The first-order valence-corrected chi connectivity index (χ1v) is 12.5. The van der Waals surface area contributed by atoms with Gasteiger partial charge in [0.1, 0.15) is 18.2 Å². The molecule has 0 aliphatic carbocycles. The predicted octanol–water partition coefficient (Wildman–Crippen LogP) is 3.11. The van der Waals surface area contributed by atoms with Crippen molar-refractivity contribution in [3.8, 4) is 0 Å². The summed E-state index contributed by atoms with van der Waals surface area (Å²) in [5.74, 6) is -1.16. The van der Waals surface area contributed by atoms with Crippen molar-refractivity contribution in [3.63, 3.8) is 0 Å². The normalized spacial score (nSPS) is 13.7. The number of hydrogen-bond donors (Lipinski definition) is 3. The van der Waals surface area contributed by atoms with Gasteiger partial charge in [0.2, 0.25) is 0 Å². The van der Waals surface area contributed by atoms with Gasteiger partial charge in [-0.15, -0.1) is 0 Å². The molecule has 3 rings (SSSR count). The van der Waals surface area contributed by atoms with Crippen molar-refractivity contribution in [1.82, 2.24) is 15.5 Å². The summed E-state index contributed by atoms with van der Waals surface area (Å²) in [7, 11) is 0. The van der Waals surface area contributed by atoms with Crippen LogP contribution in [-0.4, -0.2) is 53.6 Å². The molecule has 0 saturated heterocycles. The van der Waals surface area contributed by atoms with Gasteiger partial charge in [0.15, 0.2) is 0 Å². The van der Waals surface area contributed by atoms with Crippen molar-refractivity contribution in [2.75, 3.05) is 13.1 Å². The minimum Gasteiger partial charge on any atom is -0.459 e. The Bertz CT molecular complexity index is 1210. The maximum absolute atomic E-state index is 13.4. The molecule has 4 amide bonds. The highest BCUT2D eigenvalue weighted by molar-refractivity contribution is 6.00. The Balaban J connectivity index is 1.76. The number of carbonyl (C=O) groups is 4. The second-order valence-electron chi connectivity index (χ2n) is 10.3. The maximum atomic E-state index is 13.4. The van der Waals surface area contributed by atoms with Crippen molar-refractivity contribution in [1.29, 1.82) is 0 Å². The summed E-state index contributed by atoms with van der Waals surface area (Å²) in [5.41, 5.74) is 9.23. The fraction of sp³-hybridized carbons (Fsp3) is 0.429. The lowest BCUT2D eigenvalue weighted by molar-refractivity contribution is -0.147. The summed E-state index contributed by atoms with van der Waals surface area (Å²) in [5, 5.41) is 5.06. The van der Waals surface area contributed by atoms with E-state index in [0.717, 1.165) is 22.3 Å². The smallest absolute Gasteiger partial charge is 0.410 e. The molecule has 2 aromatic rings. The highest BCUT2D eigenvalue weighted by Crippen LogP contribution is 2.28. The Kier molecular flexibility index (Phi) is 8.98. The lowest BCUT2D eigenvalue weighted by atomic mass is 9.88. The molecule has 0 bridgehead atoms. The van der Waals surface area contributed by atoms with E-state index in [2.05, 4.69) is 10.6 Å². The molecule has 1 atom stereocenters.